The lowest BCUT2D eigenvalue weighted by Crippen LogP contribution is -2.54. The molecule has 11 rings (SSSR count). The number of piperidine rings is 1. The summed E-state index contributed by atoms with van der Waals surface area (Å²) in [5, 5.41) is 26.9. The van der Waals surface area contributed by atoms with Gasteiger partial charge in [-0.05, 0) is 137 Å². The van der Waals surface area contributed by atoms with E-state index < -0.39 is 53.1 Å². The van der Waals surface area contributed by atoms with Crippen LogP contribution >= 0.6 is 0 Å². The first-order valence-corrected chi connectivity index (χ1v) is 30.1. The van der Waals surface area contributed by atoms with Gasteiger partial charge in [-0.25, -0.2) is 21.6 Å². The van der Waals surface area contributed by atoms with Gasteiger partial charge >= 0.3 is 0 Å². The third kappa shape index (κ3) is 10.3. The molecule has 1 spiro atoms. The van der Waals surface area contributed by atoms with E-state index in [1.54, 1.807) is 37.4 Å². The Morgan fingerprint density at radius 1 is 0.961 bits per heavy atom. The lowest BCUT2D eigenvalue weighted by molar-refractivity contribution is -0.384. The first-order valence-electron chi connectivity index (χ1n) is 26.7. The second-order valence-corrected chi connectivity index (χ2v) is 26.4. The first kappa shape index (κ1) is 52.1. The highest BCUT2D eigenvalue weighted by Crippen LogP contribution is 2.55. The van der Waals surface area contributed by atoms with Crippen LogP contribution < -0.4 is 29.1 Å². The molecule has 21 heteroatoms. The minimum absolute atomic E-state index is 0.00175. The molecule has 3 atom stereocenters. The fourth-order valence-corrected chi connectivity index (χ4v) is 15.0. The Balaban J connectivity index is 0.850. The Morgan fingerprint density at radius 3 is 2.43 bits per heavy atom. The first-order chi connectivity index (χ1) is 36.2. The largest absolute Gasteiger partial charge is 0.489 e. The lowest BCUT2D eigenvalue weighted by Gasteiger charge is -2.56. The summed E-state index contributed by atoms with van der Waals surface area (Å²) in [6.45, 7) is 9.43. The lowest BCUT2D eigenvalue weighted by atomic mass is 9.59. The van der Waals surface area contributed by atoms with Crippen molar-refractivity contribution in [1.29, 1.82) is 0 Å². The van der Waals surface area contributed by atoms with Gasteiger partial charge in [0.05, 0.1) is 39.3 Å². The quantitative estimate of drug-likeness (QED) is 0.0567. The number of likely N-dealkylation sites (tertiary alicyclic amines) is 1. The monoisotopic (exact) mass is 1080 g/mol. The molecule has 5 aromatic rings. The van der Waals surface area contributed by atoms with Gasteiger partial charge in [-0.1, -0.05) is 38.1 Å². The van der Waals surface area contributed by atoms with Crippen LogP contribution in [0.2, 0.25) is 0 Å². The van der Waals surface area contributed by atoms with Gasteiger partial charge in [-0.2, -0.15) is 9.29 Å². The average Bonchev–Trinajstić information content (AvgIpc) is 4.10. The van der Waals surface area contributed by atoms with E-state index >= 15 is 0 Å². The van der Waals surface area contributed by atoms with Gasteiger partial charge in [0.1, 0.15) is 24.6 Å². The van der Waals surface area contributed by atoms with Gasteiger partial charge < -0.3 is 34.5 Å². The van der Waals surface area contributed by atoms with Crippen molar-refractivity contribution in [3.8, 4) is 23.1 Å². The number of amides is 1. The minimum Gasteiger partial charge on any atom is -0.489 e. The topological polar surface area (TPSA) is 239 Å². The third-order valence-electron chi connectivity index (χ3n) is 17.3. The van der Waals surface area contributed by atoms with Crippen molar-refractivity contribution in [2.24, 2.45) is 11.3 Å². The van der Waals surface area contributed by atoms with Crippen molar-refractivity contribution >= 4 is 54.0 Å². The number of carbonyl (C=O) groups is 1. The Labute approximate surface area is 443 Å². The van der Waals surface area contributed by atoms with Crippen molar-refractivity contribution in [1.82, 2.24) is 23.9 Å². The number of benzene rings is 3. The van der Waals surface area contributed by atoms with Gasteiger partial charge in [-0.3, -0.25) is 19.8 Å². The Bertz CT molecular complexity index is 3270. The Hall–Kier alpha value is -6.00. The maximum absolute atomic E-state index is 14.5. The molecule has 6 heterocycles. The number of hydrogen-bond acceptors (Lipinski definition) is 15. The molecule has 76 heavy (non-hydrogen) atoms. The molecular formula is C55H68N8O11S2. The summed E-state index contributed by atoms with van der Waals surface area (Å²) >= 11 is 0. The molecule has 2 aliphatic carbocycles. The van der Waals surface area contributed by atoms with E-state index in [9.17, 15) is 36.9 Å². The molecule has 19 nitrogen and oxygen atoms in total. The number of nitro benzene ring substituents is 1. The minimum atomic E-state index is -4.78. The van der Waals surface area contributed by atoms with Gasteiger partial charge in [0, 0.05) is 67.2 Å². The van der Waals surface area contributed by atoms with E-state index in [4.69, 9.17) is 14.2 Å². The highest BCUT2D eigenvalue weighted by atomic mass is 32.2. The van der Waals surface area contributed by atoms with Crippen molar-refractivity contribution in [3.63, 3.8) is 0 Å². The summed E-state index contributed by atoms with van der Waals surface area (Å²) in [5.41, 5.74) is 2.96. The number of rotatable bonds is 15. The van der Waals surface area contributed by atoms with E-state index in [-0.39, 0.29) is 65.0 Å². The molecule has 3 aromatic carbocycles. The van der Waals surface area contributed by atoms with E-state index in [2.05, 4.69) is 67.9 Å². The number of aromatic nitrogens is 2. The van der Waals surface area contributed by atoms with Gasteiger partial charge in [0.2, 0.25) is 10.0 Å². The second-order valence-electron chi connectivity index (χ2n) is 22.7. The van der Waals surface area contributed by atoms with Crippen LogP contribution in [0, 0.1) is 21.4 Å². The Kier molecular flexibility index (Phi) is 13.8. The van der Waals surface area contributed by atoms with Crippen LogP contribution in [0.3, 0.4) is 0 Å². The number of pyridine rings is 1. The SMILES string of the molecule is CC(C)c1ccccc1[C@H]1CCCN1C1CC2(CCN(c3ccc(C(=O)NS(=O)(=O)c4cc5c(c([N+](=O)[O-])c4)N[C@@H]([C@H]4CC[C@](C)(O)CC4)CO5)c(Oc4cc5cc[nH]c5nc4OC[C@H]4CCN4S(C)(=O)=O)c3)CC2)C1. The molecule has 2 aromatic heterocycles. The predicted octanol–water partition coefficient (Wildman–Crippen LogP) is 8.62. The number of anilines is 2. The number of nitrogens with zero attached hydrogens (tertiary/aromatic N) is 5. The molecule has 5 fully saturated rings. The molecule has 2 saturated carbocycles. The summed E-state index contributed by atoms with van der Waals surface area (Å²) in [4.78, 5) is 38.6. The summed E-state index contributed by atoms with van der Waals surface area (Å²) in [6, 6.07) is 19.7. The smallest absolute Gasteiger partial charge is 0.297 e. The van der Waals surface area contributed by atoms with Gasteiger partial charge in [0.25, 0.3) is 27.5 Å². The zero-order valence-corrected chi connectivity index (χ0v) is 45.1. The van der Waals surface area contributed by atoms with Crippen LogP contribution in [0.5, 0.6) is 23.1 Å². The van der Waals surface area contributed by atoms with Crippen molar-refractivity contribution in [2.45, 2.75) is 132 Å². The molecule has 4 N–H and O–H groups in total. The highest BCUT2D eigenvalue weighted by Gasteiger charge is 2.50. The van der Waals surface area contributed by atoms with E-state index in [0.717, 1.165) is 63.3 Å². The number of H-pyrrole nitrogens is 1. The summed E-state index contributed by atoms with van der Waals surface area (Å²) in [5.74, 6) is -0.430. The van der Waals surface area contributed by atoms with Crippen LogP contribution in [0.15, 0.2) is 77.8 Å². The summed E-state index contributed by atoms with van der Waals surface area (Å²) < 4.78 is 75.7. The highest BCUT2D eigenvalue weighted by molar-refractivity contribution is 7.90. The van der Waals surface area contributed by atoms with Crippen molar-refractivity contribution in [2.75, 3.05) is 55.9 Å². The van der Waals surface area contributed by atoms with E-state index in [0.29, 0.717) is 67.7 Å². The maximum atomic E-state index is 14.5. The van der Waals surface area contributed by atoms with Crippen molar-refractivity contribution in [3.05, 3.63) is 99.7 Å². The molecule has 0 bridgehead atoms. The van der Waals surface area contributed by atoms with Crippen LogP contribution in [0.1, 0.15) is 125 Å². The average molecular weight is 1080 g/mol. The molecular weight excluding hydrogens is 1010 g/mol. The number of hydrogen-bond donors (Lipinski definition) is 4. The molecule has 4 aliphatic heterocycles. The van der Waals surface area contributed by atoms with Gasteiger partial charge in [-0.15, -0.1) is 0 Å². The number of nitro groups is 1. The van der Waals surface area contributed by atoms with E-state index in [1.165, 1.54) is 40.4 Å². The van der Waals surface area contributed by atoms with E-state index in [1.807, 2.05) is 0 Å². The molecule has 0 unspecified atom stereocenters. The second kappa shape index (κ2) is 20.1. The zero-order valence-electron chi connectivity index (χ0n) is 43.5. The fraction of sp³-hybridized carbons (Fsp3) is 0.527. The molecule has 406 valence electrons. The fourth-order valence-electron chi connectivity index (χ4n) is 12.8. The summed E-state index contributed by atoms with van der Waals surface area (Å²) in [6.07, 6.45) is 12.6. The number of aliphatic hydroxyl groups is 1. The number of sulfonamides is 2. The normalized spacial score (nSPS) is 25.1. The van der Waals surface area contributed by atoms with Crippen LogP contribution in [-0.2, 0) is 20.0 Å². The summed E-state index contributed by atoms with van der Waals surface area (Å²) in [7, 11) is -8.25. The Morgan fingerprint density at radius 2 is 1.72 bits per heavy atom. The predicted molar refractivity (Wildman–Crippen MR) is 287 cm³/mol. The number of aromatic amines is 1. The molecule has 6 aliphatic rings. The van der Waals surface area contributed by atoms with Crippen LogP contribution in [0.25, 0.3) is 11.0 Å². The molecule has 1 amide bonds. The number of nitrogens with one attached hydrogen (secondary N) is 3. The zero-order chi connectivity index (χ0) is 53.3. The van der Waals surface area contributed by atoms with Gasteiger partial charge in [0.15, 0.2) is 17.2 Å². The van der Waals surface area contributed by atoms with Crippen molar-refractivity contribution < 1.29 is 45.9 Å². The maximum Gasteiger partial charge on any atom is 0.297 e. The van der Waals surface area contributed by atoms with Crippen LogP contribution in [-0.4, -0.2) is 121 Å². The molecule has 0 radical (unpaired) electrons. The number of fused-ring (bicyclic) bond motifs is 2. The number of carbonyl (C=O) groups excluding carboxylic acids is 1. The molecule has 3 saturated heterocycles. The third-order valence-corrected chi connectivity index (χ3v) is 19.9. The number of ether oxygens (including phenoxy) is 3. The standard InChI is InChI=1S/C55H68N8O11S2/c1-34(2)41-8-5-6-9-42(41)45-10-7-22-61(45)39-30-55(31-39)19-24-60(25-20-55)37-11-12-43(47(27-37)74-49-26-36-15-21-56-51(36)58-53(49)73-32-38-16-23-62(38)75(4,68)69)52(64)59-76(70,71)40-28-46(63(66)67)50-48(29-40)72-33-44(57-50)35-13-17-54(3,65)18-14-35/h5-6,8-9,11-12,15,21,26-29,34-35,38-39,44-45,57,65H,7,10,13-14,16-20,22-25,30-33H2,1-4H3,(H,56,58)(H,59,64)/t35-,38-,44-,45-,54-/m1/s1. The van der Waals surface area contributed by atoms with Crippen LogP contribution in [0.4, 0.5) is 17.1 Å².